The van der Waals surface area contributed by atoms with Gasteiger partial charge in [-0.3, -0.25) is 0 Å². The quantitative estimate of drug-likeness (QED) is 0.619. The molecule has 0 heterocycles. The summed E-state index contributed by atoms with van der Waals surface area (Å²) >= 11 is 0. The molecule has 1 aromatic carbocycles. The molecule has 0 radical (unpaired) electrons. The largest absolute Gasteiger partial charge is 0.550 e. The average Bonchev–Trinajstić information content (AvgIpc) is 2.25. The van der Waals surface area contributed by atoms with Crippen LogP contribution in [0.3, 0.4) is 0 Å². The van der Waals surface area contributed by atoms with Gasteiger partial charge in [0, 0.05) is 11.9 Å². The van der Waals surface area contributed by atoms with Gasteiger partial charge in [0.2, 0.25) is 0 Å². The molecule has 86 valence electrons. The predicted octanol–water partition coefficient (Wildman–Crippen LogP) is -0.948. The fourth-order valence-corrected chi connectivity index (χ4v) is 1.37. The van der Waals surface area contributed by atoms with Crippen LogP contribution in [0, 0.1) is 0 Å². The van der Waals surface area contributed by atoms with Crippen LogP contribution in [-0.2, 0) is 22.4 Å². The molecule has 0 unspecified atom stereocenters. The molecule has 0 saturated heterocycles. The van der Waals surface area contributed by atoms with Gasteiger partial charge in [-0.15, -0.1) is 0 Å². The van der Waals surface area contributed by atoms with Gasteiger partial charge in [0.15, 0.2) is 0 Å². The van der Waals surface area contributed by atoms with Crippen molar-refractivity contribution in [3.05, 3.63) is 35.4 Å². The van der Waals surface area contributed by atoms with Crippen molar-refractivity contribution in [2.24, 2.45) is 0 Å². The lowest BCUT2D eigenvalue weighted by Crippen LogP contribution is -2.22. The number of carboxylic acids is 2. The molecule has 0 saturated carbocycles. The minimum atomic E-state index is -1.07. The highest BCUT2D eigenvalue weighted by Gasteiger charge is 1.96. The van der Waals surface area contributed by atoms with Gasteiger partial charge in [-0.1, -0.05) is 24.3 Å². The van der Waals surface area contributed by atoms with Crippen LogP contribution in [0.2, 0.25) is 0 Å². The van der Waals surface area contributed by atoms with Crippen molar-refractivity contribution < 1.29 is 19.8 Å². The van der Waals surface area contributed by atoms with E-state index in [4.69, 9.17) is 0 Å². The fraction of sp³-hybridized carbons (Fsp3) is 0.333. The Bertz CT molecular complexity index is 330. The van der Waals surface area contributed by atoms with Crippen LogP contribution in [-0.4, -0.2) is 11.9 Å². The summed E-state index contributed by atoms with van der Waals surface area (Å²) in [4.78, 5) is 20.5. The fourth-order valence-electron chi connectivity index (χ4n) is 1.37. The first-order valence-electron chi connectivity index (χ1n) is 5.05. The molecule has 0 aliphatic rings. The Balaban J connectivity index is 2.47. The lowest BCUT2D eigenvalue weighted by Gasteiger charge is -2.05. The summed E-state index contributed by atoms with van der Waals surface area (Å²) in [7, 11) is 0. The number of benzene rings is 1. The number of carbonyl (C=O) groups excluding carboxylic acids is 2. The summed E-state index contributed by atoms with van der Waals surface area (Å²) in [6.07, 6.45) is 0.864. The summed E-state index contributed by atoms with van der Waals surface area (Å²) in [6, 6.07) is 7.20. The smallest absolute Gasteiger partial charge is 0.0417 e. The lowest BCUT2D eigenvalue weighted by atomic mass is 10.0. The van der Waals surface area contributed by atoms with Crippen LogP contribution in [0.1, 0.15) is 24.0 Å². The van der Waals surface area contributed by atoms with Crippen molar-refractivity contribution in [1.82, 2.24) is 0 Å². The van der Waals surface area contributed by atoms with Crippen LogP contribution < -0.4 is 10.2 Å². The summed E-state index contributed by atoms with van der Waals surface area (Å²) < 4.78 is 0. The Labute approximate surface area is 93.5 Å². The molecule has 4 heteroatoms. The highest BCUT2D eigenvalue weighted by atomic mass is 16.4. The summed E-state index contributed by atoms with van der Waals surface area (Å²) in [5.74, 6) is -2.14. The Morgan fingerprint density at radius 2 is 1.12 bits per heavy atom. The van der Waals surface area contributed by atoms with Crippen LogP contribution in [0.25, 0.3) is 0 Å². The second kappa shape index (κ2) is 5.90. The van der Waals surface area contributed by atoms with E-state index >= 15 is 0 Å². The third-order valence-corrected chi connectivity index (χ3v) is 2.26. The van der Waals surface area contributed by atoms with Gasteiger partial charge in [0.05, 0.1) is 0 Å². The van der Waals surface area contributed by atoms with E-state index in [0.29, 0.717) is 12.8 Å². The molecule has 1 aromatic rings. The highest BCUT2D eigenvalue weighted by molar-refractivity contribution is 5.65. The highest BCUT2D eigenvalue weighted by Crippen LogP contribution is 2.08. The molecule has 0 aliphatic carbocycles. The molecule has 0 atom stereocenters. The Kier molecular flexibility index (Phi) is 4.51. The molecule has 4 nitrogen and oxygen atoms in total. The molecule has 0 N–H and O–H groups in total. The molecule has 0 spiro atoms. The standard InChI is InChI=1S/C12H14O4/c13-11(14)7-5-9-1-2-10(4-3-9)6-8-12(15)16/h1-4H,5-8H2,(H,13,14)(H,15,16)/p-2. The number of hydrogen-bond donors (Lipinski definition) is 0. The number of aliphatic carboxylic acids is 2. The number of hydrogen-bond acceptors (Lipinski definition) is 4. The number of carbonyl (C=O) groups is 2. The molecule has 0 aliphatic heterocycles. The summed E-state index contributed by atoms with van der Waals surface area (Å²) in [6.45, 7) is 0. The zero-order valence-electron chi connectivity index (χ0n) is 8.77. The molecule has 0 bridgehead atoms. The molecule has 0 fully saturated rings. The molecule has 1 rings (SSSR count). The Hall–Kier alpha value is -1.84. The first-order valence-corrected chi connectivity index (χ1v) is 5.05. The predicted molar refractivity (Wildman–Crippen MR) is 53.1 cm³/mol. The minimum absolute atomic E-state index is 0.00159. The average molecular weight is 220 g/mol. The van der Waals surface area contributed by atoms with Crippen molar-refractivity contribution in [3.8, 4) is 0 Å². The van der Waals surface area contributed by atoms with Crippen molar-refractivity contribution in [1.29, 1.82) is 0 Å². The van der Waals surface area contributed by atoms with E-state index in [1.54, 1.807) is 24.3 Å². The van der Waals surface area contributed by atoms with Crippen LogP contribution in [0.15, 0.2) is 24.3 Å². The van der Waals surface area contributed by atoms with E-state index in [1.807, 2.05) is 0 Å². The van der Waals surface area contributed by atoms with Crippen molar-refractivity contribution in [2.75, 3.05) is 0 Å². The van der Waals surface area contributed by atoms with E-state index in [0.717, 1.165) is 11.1 Å². The normalized spacial score (nSPS) is 10.0. The van der Waals surface area contributed by atoms with Crippen molar-refractivity contribution in [3.63, 3.8) is 0 Å². The maximum Gasteiger partial charge on any atom is 0.0417 e. The zero-order valence-corrected chi connectivity index (χ0v) is 8.77. The lowest BCUT2D eigenvalue weighted by molar-refractivity contribution is -0.307. The second-order valence-electron chi connectivity index (χ2n) is 3.56. The van der Waals surface area contributed by atoms with E-state index in [-0.39, 0.29) is 12.8 Å². The molecule has 0 aromatic heterocycles. The van der Waals surface area contributed by atoms with Crippen LogP contribution in [0.4, 0.5) is 0 Å². The summed E-state index contributed by atoms with van der Waals surface area (Å²) in [5, 5.41) is 20.5. The van der Waals surface area contributed by atoms with Crippen LogP contribution >= 0.6 is 0 Å². The third kappa shape index (κ3) is 4.59. The minimum Gasteiger partial charge on any atom is -0.550 e. The Morgan fingerprint density at radius 3 is 1.38 bits per heavy atom. The van der Waals surface area contributed by atoms with Gasteiger partial charge in [-0.05, 0) is 36.8 Å². The number of rotatable bonds is 6. The third-order valence-electron chi connectivity index (χ3n) is 2.26. The van der Waals surface area contributed by atoms with E-state index in [1.165, 1.54) is 0 Å². The van der Waals surface area contributed by atoms with Gasteiger partial charge < -0.3 is 19.8 Å². The van der Waals surface area contributed by atoms with Gasteiger partial charge in [-0.2, -0.15) is 0 Å². The van der Waals surface area contributed by atoms with E-state index in [9.17, 15) is 19.8 Å². The maximum absolute atomic E-state index is 10.2. The summed E-state index contributed by atoms with van der Waals surface area (Å²) in [5.41, 5.74) is 1.81. The molecule has 0 amide bonds. The number of carboxylic acid groups (broad SMARTS) is 2. The Morgan fingerprint density at radius 1 is 0.812 bits per heavy atom. The van der Waals surface area contributed by atoms with Gasteiger partial charge in [0.25, 0.3) is 0 Å². The molecule has 16 heavy (non-hydrogen) atoms. The van der Waals surface area contributed by atoms with E-state index < -0.39 is 11.9 Å². The molecular formula is C12H12O4-2. The van der Waals surface area contributed by atoms with Gasteiger partial charge >= 0.3 is 0 Å². The van der Waals surface area contributed by atoms with Crippen LogP contribution in [0.5, 0.6) is 0 Å². The maximum atomic E-state index is 10.2. The monoisotopic (exact) mass is 220 g/mol. The number of aryl methyl sites for hydroxylation is 2. The van der Waals surface area contributed by atoms with Gasteiger partial charge in [-0.25, -0.2) is 0 Å². The van der Waals surface area contributed by atoms with Gasteiger partial charge in [0.1, 0.15) is 0 Å². The second-order valence-corrected chi connectivity index (χ2v) is 3.56. The first-order chi connectivity index (χ1) is 7.58. The topological polar surface area (TPSA) is 80.3 Å². The van der Waals surface area contributed by atoms with Crippen molar-refractivity contribution >= 4 is 11.9 Å². The first kappa shape index (κ1) is 12.2. The zero-order chi connectivity index (χ0) is 12.0. The SMILES string of the molecule is O=C([O-])CCc1ccc(CCC(=O)[O-])cc1. The molecular weight excluding hydrogens is 208 g/mol. The van der Waals surface area contributed by atoms with E-state index in [2.05, 4.69) is 0 Å². The van der Waals surface area contributed by atoms with Crippen molar-refractivity contribution in [2.45, 2.75) is 25.7 Å².